The summed E-state index contributed by atoms with van der Waals surface area (Å²) in [5.74, 6) is -0.545. The van der Waals surface area contributed by atoms with Gasteiger partial charge >= 0.3 is 5.97 Å². The first-order chi connectivity index (χ1) is 9.75. The van der Waals surface area contributed by atoms with Crippen molar-refractivity contribution in [1.82, 2.24) is 15.2 Å². The molecule has 2 heterocycles. The number of carboxylic acids is 1. The minimum atomic E-state index is -1.15. The number of aromatic nitrogens is 3. The summed E-state index contributed by atoms with van der Waals surface area (Å²) in [6.45, 7) is 0. The van der Waals surface area contributed by atoms with Gasteiger partial charge in [-0.3, -0.25) is 0 Å². The van der Waals surface area contributed by atoms with Gasteiger partial charge in [0.25, 0.3) is 0 Å². The molecule has 0 bridgehead atoms. The van der Waals surface area contributed by atoms with Crippen LogP contribution in [0.3, 0.4) is 0 Å². The average molecular weight is 267 g/mol. The molecule has 0 saturated carbocycles. The highest BCUT2D eigenvalue weighted by atomic mass is 16.5. The molecule has 20 heavy (non-hydrogen) atoms. The Morgan fingerprint density at radius 3 is 2.80 bits per heavy atom. The van der Waals surface area contributed by atoms with Crippen molar-refractivity contribution < 1.29 is 14.6 Å². The summed E-state index contributed by atoms with van der Waals surface area (Å²) in [6.07, 6.45) is 2.85. The summed E-state index contributed by atoms with van der Waals surface area (Å²) in [6, 6.07) is 10.5. The van der Waals surface area contributed by atoms with E-state index < -0.39 is 5.97 Å². The summed E-state index contributed by atoms with van der Waals surface area (Å²) in [5.41, 5.74) is 0.527. The van der Waals surface area contributed by atoms with Crippen LogP contribution in [-0.2, 0) is 0 Å². The van der Waals surface area contributed by atoms with Crippen LogP contribution in [0, 0.1) is 0 Å². The lowest BCUT2D eigenvalue weighted by Crippen LogP contribution is -2.03. The molecule has 3 rings (SSSR count). The first kappa shape index (κ1) is 12.0. The SMILES string of the molecule is O=C(O)c1ncccc1Oc1cnnc2ccccc12. The highest BCUT2D eigenvalue weighted by Gasteiger charge is 2.14. The summed E-state index contributed by atoms with van der Waals surface area (Å²) in [7, 11) is 0. The molecule has 0 aliphatic carbocycles. The number of carboxylic acid groups (broad SMARTS) is 1. The number of ether oxygens (including phenoxy) is 1. The van der Waals surface area contributed by atoms with Crippen LogP contribution in [0.5, 0.6) is 11.5 Å². The zero-order valence-corrected chi connectivity index (χ0v) is 10.2. The number of hydrogen-bond acceptors (Lipinski definition) is 5. The minimum absolute atomic E-state index is 0.145. The molecule has 0 unspecified atom stereocenters. The number of pyridine rings is 1. The van der Waals surface area contributed by atoms with E-state index in [4.69, 9.17) is 9.84 Å². The first-order valence-corrected chi connectivity index (χ1v) is 5.82. The number of aromatic carboxylic acids is 1. The van der Waals surface area contributed by atoms with E-state index in [1.54, 1.807) is 18.2 Å². The van der Waals surface area contributed by atoms with Gasteiger partial charge in [-0.05, 0) is 24.3 Å². The third-order valence-corrected chi connectivity index (χ3v) is 2.70. The molecule has 0 aliphatic heterocycles. The topological polar surface area (TPSA) is 85.2 Å². The lowest BCUT2D eigenvalue weighted by Gasteiger charge is -2.09. The largest absolute Gasteiger partial charge is 0.476 e. The molecule has 6 heteroatoms. The molecule has 0 aliphatic rings. The Hall–Kier alpha value is -3.02. The molecular formula is C14H9N3O3. The fourth-order valence-electron chi connectivity index (χ4n) is 1.82. The van der Waals surface area contributed by atoms with Crippen molar-refractivity contribution in [3.05, 3.63) is 54.5 Å². The fourth-order valence-corrected chi connectivity index (χ4v) is 1.82. The Morgan fingerprint density at radius 2 is 1.95 bits per heavy atom. The smallest absolute Gasteiger partial charge is 0.358 e. The van der Waals surface area contributed by atoms with Crippen LogP contribution in [0.4, 0.5) is 0 Å². The number of benzene rings is 1. The van der Waals surface area contributed by atoms with Crippen molar-refractivity contribution in [3.8, 4) is 11.5 Å². The van der Waals surface area contributed by atoms with Gasteiger partial charge < -0.3 is 9.84 Å². The highest BCUT2D eigenvalue weighted by molar-refractivity contribution is 5.89. The van der Waals surface area contributed by atoms with Crippen molar-refractivity contribution in [1.29, 1.82) is 0 Å². The maximum absolute atomic E-state index is 11.1. The zero-order chi connectivity index (χ0) is 13.9. The van der Waals surface area contributed by atoms with Crippen LogP contribution in [0.2, 0.25) is 0 Å². The van der Waals surface area contributed by atoms with E-state index in [-0.39, 0.29) is 11.4 Å². The lowest BCUT2D eigenvalue weighted by atomic mass is 10.2. The second kappa shape index (κ2) is 4.93. The molecule has 0 spiro atoms. The Kier molecular flexibility index (Phi) is 2.96. The van der Waals surface area contributed by atoms with Gasteiger partial charge in [-0.2, -0.15) is 10.2 Å². The number of fused-ring (bicyclic) bond motifs is 1. The van der Waals surface area contributed by atoms with Crippen LogP contribution in [0.1, 0.15) is 10.5 Å². The third-order valence-electron chi connectivity index (χ3n) is 2.70. The van der Waals surface area contributed by atoms with Gasteiger partial charge in [0.1, 0.15) is 0 Å². The molecule has 0 fully saturated rings. The van der Waals surface area contributed by atoms with E-state index >= 15 is 0 Å². The van der Waals surface area contributed by atoms with Crippen LogP contribution in [-0.4, -0.2) is 26.3 Å². The molecule has 98 valence electrons. The predicted molar refractivity (Wildman–Crippen MR) is 70.8 cm³/mol. The maximum atomic E-state index is 11.1. The molecule has 6 nitrogen and oxygen atoms in total. The fraction of sp³-hybridized carbons (Fsp3) is 0. The van der Waals surface area contributed by atoms with Gasteiger partial charge in [-0.1, -0.05) is 12.1 Å². The monoisotopic (exact) mass is 267 g/mol. The van der Waals surface area contributed by atoms with Crippen LogP contribution in [0.25, 0.3) is 10.9 Å². The second-order valence-electron chi connectivity index (χ2n) is 3.98. The van der Waals surface area contributed by atoms with Crippen molar-refractivity contribution >= 4 is 16.9 Å². The van der Waals surface area contributed by atoms with E-state index in [0.29, 0.717) is 11.3 Å². The van der Waals surface area contributed by atoms with E-state index in [1.165, 1.54) is 12.4 Å². The van der Waals surface area contributed by atoms with Crippen molar-refractivity contribution in [2.45, 2.75) is 0 Å². The summed E-state index contributed by atoms with van der Waals surface area (Å²) >= 11 is 0. The standard InChI is InChI=1S/C14H9N3O3/c18-14(19)13-11(6-3-7-15-13)20-12-8-16-17-10-5-2-1-4-9(10)12/h1-8H,(H,18,19). The highest BCUT2D eigenvalue weighted by Crippen LogP contribution is 2.29. The molecule has 0 atom stereocenters. The zero-order valence-electron chi connectivity index (χ0n) is 10.2. The van der Waals surface area contributed by atoms with Gasteiger partial charge in [0.2, 0.25) is 0 Å². The summed E-state index contributed by atoms with van der Waals surface area (Å²) in [4.78, 5) is 14.9. The van der Waals surface area contributed by atoms with E-state index in [9.17, 15) is 4.79 Å². The Bertz CT molecular complexity index is 784. The molecule has 3 aromatic rings. The number of rotatable bonds is 3. The van der Waals surface area contributed by atoms with Crippen molar-refractivity contribution in [2.24, 2.45) is 0 Å². The van der Waals surface area contributed by atoms with Crippen LogP contribution in [0.15, 0.2) is 48.8 Å². The van der Waals surface area contributed by atoms with Gasteiger partial charge in [0.15, 0.2) is 17.2 Å². The van der Waals surface area contributed by atoms with Gasteiger partial charge in [0, 0.05) is 11.6 Å². The number of carbonyl (C=O) groups is 1. The van der Waals surface area contributed by atoms with E-state index in [1.807, 2.05) is 18.2 Å². The Labute approximate surface area is 113 Å². The molecule has 2 aromatic heterocycles. The molecule has 0 radical (unpaired) electrons. The first-order valence-electron chi connectivity index (χ1n) is 5.82. The molecule has 0 saturated heterocycles. The van der Waals surface area contributed by atoms with Crippen LogP contribution >= 0.6 is 0 Å². The Balaban J connectivity index is 2.08. The number of hydrogen-bond donors (Lipinski definition) is 1. The molecule has 1 aromatic carbocycles. The van der Waals surface area contributed by atoms with Gasteiger partial charge in [0.05, 0.1) is 11.7 Å². The van der Waals surface area contributed by atoms with Gasteiger partial charge in [-0.25, -0.2) is 9.78 Å². The molecule has 1 N–H and O–H groups in total. The second-order valence-corrected chi connectivity index (χ2v) is 3.98. The summed E-state index contributed by atoms with van der Waals surface area (Å²) < 4.78 is 5.64. The number of nitrogens with zero attached hydrogens (tertiary/aromatic N) is 3. The lowest BCUT2D eigenvalue weighted by molar-refractivity contribution is 0.0687. The van der Waals surface area contributed by atoms with Crippen molar-refractivity contribution in [2.75, 3.05) is 0 Å². The minimum Gasteiger partial charge on any atom is -0.476 e. The van der Waals surface area contributed by atoms with E-state index in [0.717, 1.165) is 5.39 Å². The third kappa shape index (κ3) is 2.14. The summed E-state index contributed by atoms with van der Waals surface area (Å²) in [5, 5.41) is 17.7. The van der Waals surface area contributed by atoms with Crippen LogP contribution < -0.4 is 4.74 Å². The predicted octanol–water partition coefficient (Wildman–Crippen LogP) is 2.52. The van der Waals surface area contributed by atoms with Crippen molar-refractivity contribution in [3.63, 3.8) is 0 Å². The van der Waals surface area contributed by atoms with Gasteiger partial charge in [-0.15, -0.1) is 0 Å². The molecule has 0 amide bonds. The average Bonchev–Trinajstić information content (AvgIpc) is 2.48. The van der Waals surface area contributed by atoms with E-state index in [2.05, 4.69) is 15.2 Å². The quantitative estimate of drug-likeness (QED) is 0.784. The Morgan fingerprint density at radius 1 is 1.10 bits per heavy atom. The normalized spacial score (nSPS) is 10.4. The maximum Gasteiger partial charge on any atom is 0.358 e. The molecular weight excluding hydrogens is 258 g/mol.